The molecule has 0 radical (unpaired) electrons. The van der Waals surface area contributed by atoms with E-state index in [9.17, 15) is 24.3 Å². The van der Waals surface area contributed by atoms with E-state index in [0.717, 1.165) is 56.2 Å². The Bertz CT molecular complexity index is 2920. The molecule has 0 bridgehead atoms. The summed E-state index contributed by atoms with van der Waals surface area (Å²) in [6.07, 6.45) is 8.16. The zero-order valence-corrected chi connectivity index (χ0v) is 37.5. The first-order valence-electron chi connectivity index (χ1n) is 20.9. The molecule has 0 unspecified atom stereocenters. The van der Waals surface area contributed by atoms with Gasteiger partial charge in [-0.1, -0.05) is 6.92 Å². The standard InChI is InChI=1S/C24H24N4O3S.C23H22N4O4S/c1-14-7-9-28(12-14)24(30)21-11-18-22(32-21)20(6-8-26-18)31-15-4-5-16-17(23(29)25-2)13-27(3)19(16)10-15;1-24-22(29)16-12-26(2)18-9-14(3-4-15(16)18)31-19-5-7-25-17-10-20(32-21(17)19)23(30)27-8-6-13(28)11-27/h4-6,8,10-11,13-14H,7,9,12H2,1-3H3,(H,25,29);3-5,7,9-10,12-13,28H,6,8,11H2,1-2H3,(H,24,29)/t14-;13-/m11/s1. The van der Waals surface area contributed by atoms with Gasteiger partial charge in [0, 0.05) is 114 Å². The smallest absolute Gasteiger partial charge is 0.264 e. The Hall–Kier alpha value is -6.82. The lowest BCUT2D eigenvalue weighted by Crippen LogP contribution is -2.28. The summed E-state index contributed by atoms with van der Waals surface area (Å²) in [6.45, 7) is 4.70. The van der Waals surface area contributed by atoms with Gasteiger partial charge in [-0.25, -0.2) is 0 Å². The number of hydrogen-bond acceptors (Lipinski definition) is 11. The van der Waals surface area contributed by atoms with Crippen LogP contribution in [0.4, 0.5) is 0 Å². The molecule has 0 spiro atoms. The number of aryl methyl sites for hydroxylation is 2. The largest absolute Gasteiger partial charge is 0.456 e. The number of aliphatic hydroxyl groups is 1. The van der Waals surface area contributed by atoms with Gasteiger partial charge in [0.25, 0.3) is 23.6 Å². The normalized spacial score (nSPS) is 16.1. The van der Waals surface area contributed by atoms with Gasteiger partial charge in [-0.3, -0.25) is 29.1 Å². The topological polar surface area (TPSA) is 173 Å². The minimum absolute atomic E-state index is 0.0651. The van der Waals surface area contributed by atoms with E-state index >= 15 is 0 Å². The summed E-state index contributed by atoms with van der Waals surface area (Å²) in [5.41, 5.74) is 4.46. The fourth-order valence-corrected chi connectivity index (χ4v) is 10.4. The minimum Gasteiger partial charge on any atom is -0.456 e. The average Bonchev–Trinajstić information content (AvgIpc) is 4.17. The van der Waals surface area contributed by atoms with Crippen molar-refractivity contribution in [1.29, 1.82) is 0 Å². The van der Waals surface area contributed by atoms with E-state index in [0.29, 0.717) is 74.8 Å². The zero-order chi connectivity index (χ0) is 44.8. The number of likely N-dealkylation sites (tertiary alicyclic amines) is 2. The number of fused-ring (bicyclic) bond motifs is 4. The Labute approximate surface area is 375 Å². The van der Waals surface area contributed by atoms with Gasteiger partial charge in [0.15, 0.2) is 0 Å². The van der Waals surface area contributed by atoms with Crippen molar-refractivity contribution in [3.63, 3.8) is 0 Å². The number of nitrogens with zero attached hydrogens (tertiary/aromatic N) is 6. The first-order valence-corrected chi connectivity index (χ1v) is 22.5. The molecule has 2 aromatic carbocycles. The van der Waals surface area contributed by atoms with Crippen LogP contribution < -0.4 is 20.1 Å². The Morgan fingerprint density at radius 3 is 1.56 bits per heavy atom. The van der Waals surface area contributed by atoms with Crippen LogP contribution in [0.15, 0.2) is 85.5 Å². The molecule has 10 rings (SSSR count). The van der Waals surface area contributed by atoms with Crippen LogP contribution in [0.25, 0.3) is 42.2 Å². The molecule has 17 heteroatoms. The van der Waals surface area contributed by atoms with Gasteiger partial charge >= 0.3 is 0 Å². The van der Waals surface area contributed by atoms with Crippen molar-refractivity contribution in [2.75, 3.05) is 40.3 Å². The molecule has 15 nitrogen and oxygen atoms in total. The molecule has 2 aliphatic heterocycles. The number of hydrogen-bond donors (Lipinski definition) is 3. The van der Waals surface area contributed by atoms with Gasteiger partial charge in [-0.15, -0.1) is 22.7 Å². The second kappa shape index (κ2) is 17.4. The van der Waals surface area contributed by atoms with Crippen LogP contribution in [0, 0.1) is 5.92 Å². The molecule has 328 valence electrons. The summed E-state index contributed by atoms with van der Waals surface area (Å²) in [4.78, 5) is 63.7. The fourth-order valence-electron chi connectivity index (χ4n) is 8.30. The van der Waals surface area contributed by atoms with Gasteiger partial charge in [0.2, 0.25) is 0 Å². The molecular weight excluding hydrogens is 853 g/mol. The highest BCUT2D eigenvalue weighted by Gasteiger charge is 2.28. The van der Waals surface area contributed by atoms with E-state index in [-0.39, 0.29) is 23.6 Å². The van der Waals surface area contributed by atoms with E-state index in [2.05, 4.69) is 27.5 Å². The molecule has 8 aromatic rings. The zero-order valence-electron chi connectivity index (χ0n) is 35.9. The number of ether oxygens (including phenoxy) is 2. The molecule has 64 heavy (non-hydrogen) atoms. The summed E-state index contributed by atoms with van der Waals surface area (Å²) in [5, 5.41) is 16.8. The van der Waals surface area contributed by atoms with Crippen LogP contribution in [0.5, 0.6) is 23.0 Å². The highest BCUT2D eigenvalue weighted by molar-refractivity contribution is 7.21. The van der Waals surface area contributed by atoms with Gasteiger partial charge in [-0.2, -0.15) is 0 Å². The Morgan fingerprint density at radius 2 is 1.14 bits per heavy atom. The van der Waals surface area contributed by atoms with E-state index in [1.165, 1.54) is 22.7 Å². The monoisotopic (exact) mass is 898 g/mol. The van der Waals surface area contributed by atoms with E-state index in [1.54, 1.807) is 49.7 Å². The van der Waals surface area contributed by atoms with Crippen molar-refractivity contribution in [2.24, 2.45) is 20.0 Å². The Balaban J connectivity index is 0.000000162. The SMILES string of the molecule is CNC(=O)c1cn(C)c2cc(Oc3ccnc4cc(C(=O)N5CC[C@@H](C)C5)sc34)ccc12.CNC(=O)c1cn(C)c2cc(Oc3ccnc4cc(C(=O)N5CC[C@@H](O)C5)sc34)ccc12. The summed E-state index contributed by atoms with van der Waals surface area (Å²) < 4.78 is 17.8. The van der Waals surface area contributed by atoms with Crippen molar-refractivity contribution < 1.29 is 33.8 Å². The summed E-state index contributed by atoms with van der Waals surface area (Å²) >= 11 is 2.76. The van der Waals surface area contributed by atoms with Crippen LogP contribution in [0.1, 0.15) is 59.8 Å². The average molecular weight is 899 g/mol. The fraction of sp³-hybridized carbons (Fsp3) is 0.277. The Morgan fingerprint density at radius 1 is 0.672 bits per heavy atom. The van der Waals surface area contributed by atoms with Gasteiger partial charge < -0.3 is 44.1 Å². The third kappa shape index (κ3) is 8.13. The lowest BCUT2D eigenvalue weighted by Gasteiger charge is -2.14. The second-order valence-electron chi connectivity index (χ2n) is 16.1. The van der Waals surface area contributed by atoms with Crippen LogP contribution in [0.3, 0.4) is 0 Å². The molecule has 2 saturated heterocycles. The van der Waals surface area contributed by atoms with Gasteiger partial charge in [-0.05, 0) is 55.2 Å². The molecule has 2 fully saturated rings. The van der Waals surface area contributed by atoms with Crippen molar-refractivity contribution in [2.45, 2.75) is 25.9 Å². The quantitative estimate of drug-likeness (QED) is 0.139. The number of aromatic nitrogens is 4. The van der Waals surface area contributed by atoms with Crippen LogP contribution >= 0.6 is 22.7 Å². The number of nitrogens with one attached hydrogen (secondary N) is 2. The minimum atomic E-state index is -0.457. The lowest BCUT2D eigenvalue weighted by molar-refractivity contribution is 0.0768. The molecule has 4 amide bonds. The molecule has 0 saturated carbocycles. The van der Waals surface area contributed by atoms with Crippen molar-refractivity contribution in [3.05, 3.63) is 106 Å². The lowest BCUT2D eigenvalue weighted by atomic mass is 10.1. The highest BCUT2D eigenvalue weighted by atomic mass is 32.1. The number of aliphatic hydroxyl groups excluding tert-OH is 1. The van der Waals surface area contributed by atoms with Crippen molar-refractivity contribution >= 4 is 88.5 Å². The Kier molecular flexibility index (Phi) is 11.5. The number of carbonyl (C=O) groups is 4. The predicted molar refractivity (Wildman–Crippen MR) is 248 cm³/mol. The number of pyridine rings is 2. The summed E-state index contributed by atoms with van der Waals surface area (Å²) in [6, 6.07) is 18.5. The van der Waals surface area contributed by atoms with Crippen molar-refractivity contribution in [3.8, 4) is 23.0 Å². The van der Waals surface area contributed by atoms with Crippen LogP contribution in [-0.2, 0) is 14.1 Å². The molecule has 0 aliphatic carbocycles. The van der Waals surface area contributed by atoms with E-state index < -0.39 is 6.10 Å². The van der Waals surface area contributed by atoms with E-state index in [4.69, 9.17) is 9.47 Å². The summed E-state index contributed by atoms with van der Waals surface area (Å²) in [7, 11) is 7.02. The maximum Gasteiger partial charge on any atom is 0.264 e. The maximum atomic E-state index is 12.9. The summed E-state index contributed by atoms with van der Waals surface area (Å²) in [5.74, 6) is 2.81. The highest BCUT2D eigenvalue weighted by Crippen LogP contribution is 2.39. The molecule has 2 atom stereocenters. The number of β-amino-alcohol motifs (C(OH)–C–C–N with tert-alkyl or cyclic N) is 1. The molecule has 3 N–H and O–H groups in total. The first kappa shape index (κ1) is 42.5. The van der Waals surface area contributed by atoms with E-state index in [1.807, 2.05) is 82.9 Å². The number of amides is 4. The third-order valence-corrected chi connectivity index (χ3v) is 13.9. The molecular formula is C47H46N8O7S2. The first-order chi connectivity index (χ1) is 30.9. The van der Waals surface area contributed by atoms with Crippen molar-refractivity contribution in [1.82, 2.24) is 39.5 Å². The number of benzene rings is 2. The number of carbonyl (C=O) groups excluding carboxylic acids is 4. The maximum absolute atomic E-state index is 12.9. The molecule has 6 aromatic heterocycles. The van der Waals surface area contributed by atoms with Gasteiger partial charge in [0.1, 0.15) is 23.0 Å². The van der Waals surface area contributed by atoms with Gasteiger partial charge in [0.05, 0.1) is 58.5 Å². The molecule has 2 aliphatic rings. The van der Waals surface area contributed by atoms with Crippen LogP contribution in [-0.4, -0.2) is 104 Å². The molecule has 8 heterocycles. The number of rotatable bonds is 8. The second-order valence-corrected chi connectivity index (χ2v) is 18.2. The third-order valence-electron chi connectivity index (χ3n) is 11.7. The van der Waals surface area contributed by atoms with Crippen LogP contribution in [0.2, 0.25) is 0 Å². The number of thiophene rings is 2. The predicted octanol–water partition coefficient (Wildman–Crippen LogP) is 7.57.